The standard InChI is InChI=1S/C24H16F4O4/c25-17-5-15(6-18(26)11-17)23(29)31-21-9-13-3-1-2-4-14(13)10-22(21)32-24(30)16-7-19(27)12-20(28)8-16/h1-8,11-12,21-22H,9-10H2. The van der Waals surface area contributed by atoms with Crippen LogP contribution in [0.25, 0.3) is 0 Å². The minimum atomic E-state index is -0.995. The summed E-state index contributed by atoms with van der Waals surface area (Å²) in [5.41, 5.74) is 1.02. The van der Waals surface area contributed by atoms with E-state index in [1.807, 2.05) is 12.1 Å². The first-order valence-electron chi connectivity index (χ1n) is 9.69. The van der Waals surface area contributed by atoms with Gasteiger partial charge < -0.3 is 9.47 Å². The molecule has 2 atom stereocenters. The first-order chi connectivity index (χ1) is 15.3. The van der Waals surface area contributed by atoms with Gasteiger partial charge in [0.15, 0.2) is 0 Å². The molecule has 3 aromatic carbocycles. The Kier molecular flexibility index (Phi) is 5.94. The number of hydrogen-bond acceptors (Lipinski definition) is 4. The molecular formula is C24H16F4O4. The van der Waals surface area contributed by atoms with E-state index in [-0.39, 0.29) is 24.0 Å². The van der Waals surface area contributed by atoms with Gasteiger partial charge in [0.1, 0.15) is 35.5 Å². The summed E-state index contributed by atoms with van der Waals surface area (Å²) in [5, 5.41) is 0. The van der Waals surface area contributed by atoms with Crippen LogP contribution in [0.3, 0.4) is 0 Å². The summed E-state index contributed by atoms with van der Waals surface area (Å²) in [6.07, 6.45) is -1.61. The highest BCUT2D eigenvalue weighted by Gasteiger charge is 2.35. The van der Waals surface area contributed by atoms with Crippen LogP contribution in [-0.4, -0.2) is 24.1 Å². The van der Waals surface area contributed by atoms with Crippen LogP contribution in [0.5, 0.6) is 0 Å². The Labute approximate surface area is 180 Å². The highest BCUT2D eigenvalue weighted by Crippen LogP contribution is 2.27. The summed E-state index contributed by atoms with van der Waals surface area (Å²) < 4.78 is 64.8. The third-order valence-electron chi connectivity index (χ3n) is 5.09. The fourth-order valence-electron chi connectivity index (χ4n) is 3.64. The van der Waals surface area contributed by atoms with Gasteiger partial charge in [-0.1, -0.05) is 24.3 Å². The first-order valence-corrected chi connectivity index (χ1v) is 9.69. The second-order valence-corrected chi connectivity index (χ2v) is 7.38. The Morgan fingerprint density at radius 1 is 0.625 bits per heavy atom. The molecule has 0 saturated heterocycles. The fourth-order valence-corrected chi connectivity index (χ4v) is 3.64. The highest BCUT2D eigenvalue weighted by atomic mass is 19.1. The van der Waals surface area contributed by atoms with Crippen LogP contribution in [0, 0.1) is 23.3 Å². The maximum atomic E-state index is 13.5. The second kappa shape index (κ2) is 8.82. The van der Waals surface area contributed by atoms with Crippen molar-refractivity contribution in [2.75, 3.05) is 0 Å². The Hall–Kier alpha value is -3.68. The molecule has 4 rings (SSSR count). The Balaban J connectivity index is 1.59. The molecule has 0 N–H and O–H groups in total. The van der Waals surface area contributed by atoms with Crippen molar-refractivity contribution in [3.63, 3.8) is 0 Å². The van der Waals surface area contributed by atoms with Crippen LogP contribution in [0.4, 0.5) is 17.6 Å². The second-order valence-electron chi connectivity index (χ2n) is 7.38. The molecule has 0 aromatic heterocycles. The van der Waals surface area contributed by atoms with Crippen LogP contribution in [0.15, 0.2) is 60.7 Å². The number of hydrogen-bond donors (Lipinski definition) is 0. The molecule has 1 aliphatic rings. The Bertz CT molecular complexity index is 1060. The van der Waals surface area contributed by atoms with Crippen LogP contribution in [0.1, 0.15) is 31.8 Å². The largest absolute Gasteiger partial charge is 0.454 e. The molecule has 2 unspecified atom stereocenters. The zero-order valence-corrected chi connectivity index (χ0v) is 16.5. The fraction of sp³-hybridized carbons (Fsp3) is 0.167. The minimum Gasteiger partial charge on any atom is -0.454 e. The number of carbonyl (C=O) groups is 2. The van der Waals surface area contributed by atoms with Crippen LogP contribution in [0.2, 0.25) is 0 Å². The van der Waals surface area contributed by atoms with Gasteiger partial charge in [-0.2, -0.15) is 0 Å². The molecule has 0 radical (unpaired) electrons. The molecule has 0 heterocycles. The van der Waals surface area contributed by atoms with E-state index in [0.29, 0.717) is 12.1 Å². The molecule has 8 heteroatoms. The lowest BCUT2D eigenvalue weighted by Crippen LogP contribution is -2.41. The SMILES string of the molecule is O=C(OC1Cc2ccccc2CC1OC(=O)c1cc(F)cc(F)c1)c1cc(F)cc(F)c1. The van der Waals surface area contributed by atoms with Gasteiger partial charge >= 0.3 is 11.9 Å². The van der Waals surface area contributed by atoms with Crippen molar-refractivity contribution in [3.8, 4) is 0 Å². The minimum absolute atomic E-state index is 0.176. The van der Waals surface area contributed by atoms with Gasteiger partial charge in [0, 0.05) is 25.0 Å². The predicted molar refractivity (Wildman–Crippen MR) is 105 cm³/mol. The number of rotatable bonds is 4. The lowest BCUT2D eigenvalue weighted by Gasteiger charge is -2.32. The van der Waals surface area contributed by atoms with E-state index in [0.717, 1.165) is 35.4 Å². The van der Waals surface area contributed by atoms with Gasteiger partial charge in [-0.15, -0.1) is 0 Å². The number of carbonyl (C=O) groups excluding carboxylic acids is 2. The summed E-state index contributed by atoms with van der Waals surface area (Å²) in [4.78, 5) is 25.0. The molecule has 164 valence electrons. The van der Waals surface area contributed by atoms with Crippen molar-refractivity contribution in [1.82, 2.24) is 0 Å². The Morgan fingerprint density at radius 2 is 0.969 bits per heavy atom. The third kappa shape index (κ3) is 4.80. The molecule has 1 aliphatic carbocycles. The smallest absolute Gasteiger partial charge is 0.338 e. The van der Waals surface area contributed by atoms with E-state index in [1.54, 1.807) is 12.1 Å². The molecule has 32 heavy (non-hydrogen) atoms. The van der Waals surface area contributed by atoms with E-state index in [1.165, 1.54) is 0 Å². The van der Waals surface area contributed by atoms with Crippen molar-refractivity contribution in [3.05, 3.63) is 106 Å². The zero-order valence-electron chi connectivity index (χ0n) is 16.5. The normalized spacial score (nSPS) is 17.4. The van der Waals surface area contributed by atoms with Gasteiger partial charge in [-0.3, -0.25) is 0 Å². The average Bonchev–Trinajstić information content (AvgIpc) is 2.72. The summed E-state index contributed by atoms with van der Waals surface area (Å²) in [6, 6.07) is 11.8. The lowest BCUT2D eigenvalue weighted by molar-refractivity contribution is -0.0390. The molecule has 0 aliphatic heterocycles. The summed E-state index contributed by atoms with van der Waals surface area (Å²) in [5.74, 6) is -5.76. The topological polar surface area (TPSA) is 52.6 Å². The van der Waals surface area contributed by atoms with E-state index < -0.39 is 47.4 Å². The maximum Gasteiger partial charge on any atom is 0.338 e. The summed E-state index contributed by atoms with van der Waals surface area (Å²) in [6.45, 7) is 0. The van der Waals surface area contributed by atoms with Crippen molar-refractivity contribution in [1.29, 1.82) is 0 Å². The molecule has 0 spiro atoms. The number of benzene rings is 3. The summed E-state index contributed by atoms with van der Waals surface area (Å²) >= 11 is 0. The van der Waals surface area contributed by atoms with Gasteiger partial charge in [0.2, 0.25) is 0 Å². The Morgan fingerprint density at radius 3 is 1.31 bits per heavy atom. The first kappa shape index (κ1) is 21.5. The predicted octanol–water partition coefficient (Wildman–Crippen LogP) is 4.79. The number of fused-ring (bicyclic) bond motifs is 1. The van der Waals surface area contributed by atoms with Crippen molar-refractivity contribution in [2.45, 2.75) is 25.0 Å². The molecule has 0 amide bonds. The van der Waals surface area contributed by atoms with Crippen LogP contribution in [-0.2, 0) is 22.3 Å². The maximum absolute atomic E-state index is 13.5. The highest BCUT2D eigenvalue weighted by molar-refractivity contribution is 5.90. The van der Waals surface area contributed by atoms with E-state index in [9.17, 15) is 27.2 Å². The summed E-state index contributed by atoms with van der Waals surface area (Å²) in [7, 11) is 0. The van der Waals surface area contributed by atoms with Gasteiger partial charge in [-0.05, 0) is 35.4 Å². The lowest BCUT2D eigenvalue weighted by atomic mass is 9.87. The number of esters is 2. The van der Waals surface area contributed by atoms with Crippen molar-refractivity contribution in [2.24, 2.45) is 0 Å². The molecule has 3 aromatic rings. The van der Waals surface area contributed by atoms with E-state index in [2.05, 4.69) is 0 Å². The zero-order chi connectivity index (χ0) is 22.8. The van der Waals surface area contributed by atoms with Crippen LogP contribution >= 0.6 is 0 Å². The molecule has 0 bridgehead atoms. The quantitative estimate of drug-likeness (QED) is 0.429. The molecule has 0 saturated carbocycles. The van der Waals surface area contributed by atoms with Crippen LogP contribution < -0.4 is 0 Å². The van der Waals surface area contributed by atoms with Crippen molar-refractivity contribution < 1.29 is 36.6 Å². The van der Waals surface area contributed by atoms with Gasteiger partial charge in [0.25, 0.3) is 0 Å². The monoisotopic (exact) mass is 444 g/mol. The van der Waals surface area contributed by atoms with Gasteiger partial charge in [-0.25, -0.2) is 27.2 Å². The van der Waals surface area contributed by atoms with Gasteiger partial charge in [0.05, 0.1) is 11.1 Å². The van der Waals surface area contributed by atoms with E-state index >= 15 is 0 Å². The molecule has 4 nitrogen and oxygen atoms in total. The molecular weight excluding hydrogens is 428 g/mol. The third-order valence-corrected chi connectivity index (χ3v) is 5.09. The molecule has 0 fully saturated rings. The number of ether oxygens (including phenoxy) is 2. The van der Waals surface area contributed by atoms with Crippen molar-refractivity contribution >= 4 is 11.9 Å². The van der Waals surface area contributed by atoms with E-state index in [4.69, 9.17) is 9.47 Å². The number of halogens is 4. The average molecular weight is 444 g/mol.